The van der Waals surface area contributed by atoms with Crippen LogP contribution in [0, 0.1) is 0 Å². The second-order valence-corrected chi connectivity index (χ2v) is 1.34. The van der Waals surface area contributed by atoms with E-state index in [4.69, 9.17) is 17.5 Å². The van der Waals surface area contributed by atoms with Gasteiger partial charge in [0.05, 0.1) is 0 Å². The van der Waals surface area contributed by atoms with Crippen LogP contribution in [0.5, 0.6) is 0 Å². The van der Waals surface area contributed by atoms with Crippen LogP contribution in [-0.2, 0) is 10.4 Å². The first-order valence-corrected chi connectivity index (χ1v) is 2.10. The molecule has 7 heavy (non-hydrogen) atoms. The van der Waals surface area contributed by atoms with Crippen molar-refractivity contribution in [2.24, 2.45) is 0 Å². The third-order valence-electron chi connectivity index (χ3n) is 0. The molecular formula is H6BaO4S2. The molecular weight excluding hydrogens is 265 g/mol. The van der Waals surface area contributed by atoms with Gasteiger partial charge in [-0.25, -0.2) is 0 Å². The van der Waals surface area contributed by atoms with E-state index >= 15 is 0 Å². The Morgan fingerprint density at radius 1 is 1.14 bits per heavy atom. The van der Waals surface area contributed by atoms with E-state index in [9.17, 15) is 0 Å². The summed E-state index contributed by atoms with van der Waals surface area (Å²) in [5.41, 5.74) is 0. The molecule has 0 aliphatic rings. The average Bonchev–Trinajstić information content (AvgIpc) is 0.722. The number of hydrogen-bond acceptors (Lipinski definition) is 2. The van der Waals surface area contributed by atoms with Gasteiger partial charge in [-0.3, -0.25) is 9.11 Å². The monoisotopic (exact) mass is 272 g/mol. The quantitative estimate of drug-likeness (QED) is 0.417. The molecule has 0 spiro atoms. The number of hydrogen-bond donors (Lipinski definition) is 2. The maximum atomic E-state index is 8.74. The average molecular weight is 272 g/mol. The van der Waals surface area contributed by atoms with E-state index in [0.29, 0.717) is 0 Å². The summed E-state index contributed by atoms with van der Waals surface area (Å²) in [7, 11) is -4.67. The molecule has 0 fully saturated rings. The van der Waals surface area contributed by atoms with Crippen LogP contribution in [0.2, 0.25) is 0 Å². The van der Waals surface area contributed by atoms with E-state index in [2.05, 4.69) is 0 Å². The van der Waals surface area contributed by atoms with Gasteiger partial charge >= 0.3 is 59.3 Å². The third-order valence-corrected chi connectivity index (χ3v) is 0. The summed E-state index contributed by atoms with van der Waals surface area (Å²) in [5.74, 6) is 0. The van der Waals surface area contributed by atoms with Gasteiger partial charge in [-0.15, -0.1) is 0 Å². The minimum absolute atomic E-state index is 0. The summed E-state index contributed by atoms with van der Waals surface area (Å²) < 4.78 is 31.6. The molecule has 0 aliphatic carbocycles. The van der Waals surface area contributed by atoms with E-state index in [1.807, 2.05) is 0 Å². The summed E-state index contributed by atoms with van der Waals surface area (Å²) in [6, 6.07) is 0. The molecule has 0 saturated heterocycles. The Kier molecular flexibility index (Phi) is 13.5. The van der Waals surface area contributed by atoms with Crippen molar-refractivity contribution >= 4 is 72.8 Å². The number of rotatable bonds is 0. The Balaban J connectivity index is -0.0000000800. The molecule has 0 saturated carbocycles. The fraction of sp³-hybridized carbons (Fsp3) is 0. The molecule has 0 heterocycles. The Labute approximate surface area is 88.8 Å². The van der Waals surface area contributed by atoms with E-state index in [0.717, 1.165) is 0 Å². The van der Waals surface area contributed by atoms with Crippen LogP contribution in [-0.4, -0.2) is 66.4 Å². The molecule has 0 aromatic rings. The molecule has 0 bridgehead atoms. The Morgan fingerprint density at radius 3 is 1.14 bits per heavy atom. The molecule has 0 aromatic carbocycles. The van der Waals surface area contributed by atoms with Crippen molar-refractivity contribution in [3.8, 4) is 0 Å². The van der Waals surface area contributed by atoms with Crippen LogP contribution in [0.4, 0.5) is 0 Å². The zero-order chi connectivity index (χ0) is 4.50. The minimum atomic E-state index is -4.67. The predicted molar refractivity (Wildman–Crippen MR) is 33.1 cm³/mol. The molecule has 0 aromatic heterocycles. The van der Waals surface area contributed by atoms with Gasteiger partial charge in [0.2, 0.25) is 0 Å². The van der Waals surface area contributed by atoms with Crippen LogP contribution < -0.4 is 0 Å². The van der Waals surface area contributed by atoms with E-state index in [1.54, 1.807) is 0 Å². The van der Waals surface area contributed by atoms with Gasteiger partial charge in [0.1, 0.15) is 0 Å². The van der Waals surface area contributed by atoms with Gasteiger partial charge in [-0.1, -0.05) is 0 Å². The molecule has 0 rings (SSSR count). The van der Waals surface area contributed by atoms with Crippen LogP contribution in [0.1, 0.15) is 0 Å². The zero-order valence-corrected chi connectivity index (χ0v) is 4.44. The standard InChI is InChI=1S/Ba.H2O4S.H2S.2H/c;1-5(2,3)4;;;/h;(H2,1,2,3,4);1H2;;. The van der Waals surface area contributed by atoms with Crippen molar-refractivity contribution in [3.05, 3.63) is 0 Å². The second kappa shape index (κ2) is 5.92. The fourth-order valence-corrected chi connectivity index (χ4v) is 0. The Morgan fingerprint density at radius 2 is 1.14 bits per heavy atom. The molecule has 0 amide bonds. The molecule has 44 valence electrons. The second-order valence-electron chi connectivity index (χ2n) is 0.448. The normalized spacial score (nSPS) is 8.29. The van der Waals surface area contributed by atoms with E-state index < -0.39 is 10.4 Å². The van der Waals surface area contributed by atoms with E-state index in [-0.39, 0.29) is 62.4 Å². The van der Waals surface area contributed by atoms with Crippen molar-refractivity contribution in [1.29, 1.82) is 0 Å². The van der Waals surface area contributed by atoms with Crippen LogP contribution >= 0.6 is 13.5 Å². The van der Waals surface area contributed by atoms with Crippen molar-refractivity contribution in [2.75, 3.05) is 0 Å². The molecule has 0 aliphatic heterocycles. The van der Waals surface area contributed by atoms with Crippen molar-refractivity contribution < 1.29 is 17.5 Å². The summed E-state index contributed by atoms with van der Waals surface area (Å²) >= 11 is 0. The van der Waals surface area contributed by atoms with Crippen LogP contribution in [0.3, 0.4) is 0 Å². The van der Waals surface area contributed by atoms with Crippen LogP contribution in [0.15, 0.2) is 0 Å². The van der Waals surface area contributed by atoms with Gasteiger partial charge in [0.15, 0.2) is 0 Å². The molecule has 7 heteroatoms. The van der Waals surface area contributed by atoms with Crippen LogP contribution in [0.25, 0.3) is 0 Å². The maximum absolute atomic E-state index is 8.74. The van der Waals surface area contributed by atoms with Crippen molar-refractivity contribution in [1.82, 2.24) is 0 Å². The first-order valence-electron chi connectivity index (χ1n) is 0.698. The zero-order valence-electron chi connectivity index (χ0n) is 2.62. The van der Waals surface area contributed by atoms with Gasteiger partial charge in [-0.05, 0) is 0 Å². The first kappa shape index (κ1) is 15.9. The topological polar surface area (TPSA) is 74.6 Å². The summed E-state index contributed by atoms with van der Waals surface area (Å²) in [6.45, 7) is 0. The van der Waals surface area contributed by atoms with Crippen molar-refractivity contribution in [3.63, 3.8) is 0 Å². The summed E-state index contributed by atoms with van der Waals surface area (Å²) in [4.78, 5) is 0. The Bertz CT molecular complexity index is 92.9. The fourth-order valence-electron chi connectivity index (χ4n) is 0. The van der Waals surface area contributed by atoms with Gasteiger partial charge < -0.3 is 0 Å². The molecule has 0 atom stereocenters. The summed E-state index contributed by atoms with van der Waals surface area (Å²) in [6.07, 6.45) is 0. The predicted octanol–water partition coefficient (Wildman–Crippen LogP) is -1.46. The molecule has 2 N–H and O–H groups in total. The molecule has 4 nitrogen and oxygen atoms in total. The SMILES string of the molecule is O=S(=O)(O)O.S.[BaH2]. The van der Waals surface area contributed by atoms with E-state index in [1.165, 1.54) is 0 Å². The third kappa shape index (κ3) is 81.4. The summed E-state index contributed by atoms with van der Waals surface area (Å²) in [5, 5.41) is 0. The van der Waals surface area contributed by atoms with Gasteiger partial charge in [0, 0.05) is 0 Å². The molecule has 0 unspecified atom stereocenters. The van der Waals surface area contributed by atoms with Gasteiger partial charge in [-0.2, -0.15) is 21.9 Å². The Hall–Kier alpha value is 1.79. The van der Waals surface area contributed by atoms with Crippen molar-refractivity contribution in [2.45, 2.75) is 0 Å². The van der Waals surface area contributed by atoms with Gasteiger partial charge in [0.25, 0.3) is 0 Å². The molecule has 0 radical (unpaired) electrons. The first-order chi connectivity index (χ1) is 2.00.